The quantitative estimate of drug-likeness (QED) is 0.577. The molecule has 0 amide bonds. The Morgan fingerprint density at radius 2 is 1.62 bits per heavy atom. The third-order valence-electron chi connectivity index (χ3n) is 3.63. The van der Waals surface area contributed by atoms with Gasteiger partial charge in [0.2, 0.25) is 0 Å². The van der Waals surface area contributed by atoms with Crippen LogP contribution in [-0.4, -0.2) is 19.1 Å². The van der Waals surface area contributed by atoms with Crippen molar-refractivity contribution in [3.63, 3.8) is 0 Å². The Balaban J connectivity index is 1.98. The Kier molecular flexibility index (Phi) is 7.84. The van der Waals surface area contributed by atoms with Crippen LogP contribution >= 0.6 is 0 Å². The summed E-state index contributed by atoms with van der Waals surface area (Å²) in [5, 5.41) is 6.70. The number of rotatable bonds is 8. The van der Waals surface area contributed by atoms with E-state index in [4.69, 9.17) is 4.74 Å². The lowest BCUT2D eigenvalue weighted by Crippen LogP contribution is -2.37. The summed E-state index contributed by atoms with van der Waals surface area (Å²) in [4.78, 5) is 4.65. The van der Waals surface area contributed by atoms with Gasteiger partial charge in [-0.3, -0.25) is 0 Å². The topological polar surface area (TPSA) is 45.7 Å². The van der Waals surface area contributed by atoms with E-state index in [9.17, 15) is 0 Å². The molecule has 4 nitrogen and oxygen atoms in total. The molecule has 0 spiro atoms. The van der Waals surface area contributed by atoms with E-state index in [0.29, 0.717) is 13.2 Å². The van der Waals surface area contributed by atoms with Crippen LogP contribution in [0.4, 0.5) is 0 Å². The molecule has 4 heteroatoms. The molecule has 0 atom stereocenters. The lowest BCUT2D eigenvalue weighted by atomic mass is 10.1. The maximum Gasteiger partial charge on any atom is 0.191 e. The van der Waals surface area contributed by atoms with Crippen molar-refractivity contribution in [3.8, 4) is 0 Å². The molecule has 0 saturated heterocycles. The fourth-order valence-electron chi connectivity index (χ4n) is 2.36. The zero-order valence-corrected chi connectivity index (χ0v) is 14.6. The predicted molar refractivity (Wildman–Crippen MR) is 99.9 cm³/mol. The highest BCUT2D eigenvalue weighted by atomic mass is 16.5. The van der Waals surface area contributed by atoms with Crippen LogP contribution < -0.4 is 10.6 Å². The monoisotopic (exact) mass is 325 g/mol. The van der Waals surface area contributed by atoms with Gasteiger partial charge in [0.15, 0.2) is 5.96 Å². The van der Waals surface area contributed by atoms with Crippen molar-refractivity contribution in [2.45, 2.75) is 33.5 Å². The highest BCUT2D eigenvalue weighted by Crippen LogP contribution is 2.10. The zero-order valence-electron chi connectivity index (χ0n) is 14.6. The van der Waals surface area contributed by atoms with E-state index in [1.54, 1.807) is 0 Å². The van der Waals surface area contributed by atoms with Gasteiger partial charge in [-0.05, 0) is 30.5 Å². The molecule has 0 aliphatic carbocycles. The van der Waals surface area contributed by atoms with Crippen molar-refractivity contribution in [2.24, 2.45) is 4.99 Å². The van der Waals surface area contributed by atoms with E-state index in [2.05, 4.69) is 52.9 Å². The van der Waals surface area contributed by atoms with Crippen LogP contribution in [0.5, 0.6) is 0 Å². The average molecular weight is 325 g/mol. The summed E-state index contributed by atoms with van der Waals surface area (Å²) >= 11 is 0. The predicted octanol–water partition coefficient (Wildman–Crippen LogP) is 3.48. The van der Waals surface area contributed by atoms with Gasteiger partial charge in [0.05, 0.1) is 13.2 Å². The molecular weight excluding hydrogens is 298 g/mol. The molecule has 0 fully saturated rings. The molecule has 0 aliphatic rings. The third-order valence-corrected chi connectivity index (χ3v) is 3.63. The summed E-state index contributed by atoms with van der Waals surface area (Å²) in [6, 6.07) is 18.6. The lowest BCUT2D eigenvalue weighted by Gasteiger charge is -2.14. The van der Waals surface area contributed by atoms with Crippen LogP contribution in [0, 0.1) is 0 Å². The van der Waals surface area contributed by atoms with Crippen LogP contribution in [0.25, 0.3) is 0 Å². The normalized spacial score (nSPS) is 11.3. The Labute approximate surface area is 145 Å². The maximum absolute atomic E-state index is 5.55. The van der Waals surface area contributed by atoms with Gasteiger partial charge in [0.1, 0.15) is 0 Å². The Bertz CT molecular complexity index is 626. The van der Waals surface area contributed by atoms with E-state index in [1.165, 1.54) is 16.7 Å². The fourth-order valence-corrected chi connectivity index (χ4v) is 2.36. The van der Waals surface area contributed by atoms with Crippen LogP contribution in [0.1, 0.15) is 30.5 Å². The molecule has 0 radical (unpaired) electrons. The van der Waals surface area contributed by atoms with Crippen molar-refractivity contribution in [1.82, 2.24) is 10.6 Å². The van der Waals surface area contributed by atoms with Crippen molar-refractivity contribution in [3.05, 3.63) is 71.3 Å². The molecule has 2 rings (SSSR count). The second-order valence-electron chi connectivity index (χ2n) is 5.44. The van der Waals surface area contributed by atoms with E-state index in [0.717, 1.165) is 25.7 Å². The number of hydrogen-bond donors (Lipinski definition) is 2. The van der Waals surface area contributed by atoms with Crippen molar-refractivity contribution in [1.29, 1.82) is 0 Å². The maximum atomic E-state index is 5.55. The van der Waals surface area contributed by atoms with Crippen LogP contribution in [0.2, 0.25) is 0 Å². The SMILES string of the molecule is CCNC(=NCc1ccccc1)NCc1ccccc1COCC. The van der Waals surface area contributed by atoms with Gasteiger partial charge < -0.3 is 15.4 Å². The first-order valence-corrected chi connectivity index (χ1v) is 8.54. The molecule has 2 aromatic carbocycles. The van der Waals surface area contributed by atoms with Gasteiger partial charge >= 0.3 is 0 Å². The number of nitrogens with zero attached hydrogens (tertiary/aromatic N) is 1. The Morgan fingerprint density at radius 1 is 0.917 bits per heavy atom. The van der Waals surface area contributed by atoms with Gasteiger partial charge in [0, 0.05) is 19.7 Å². The number of aliphatic imine (C=N–C) groups is 1. The summed E-state index contributed by atoms with van der Waals surface area (Å²) in [5.41, 5.74) is 3.65. The number of benzene rings is 2. The van der Waals surface area contributed by atoms with Gasteiger partial charge in [-0.2, -0.15) is 0 Å². The molecule has 2 N–H and O–H groups in total. The summed E-state index contributed by atoms with van der Waals surface area (Å²) in [7, 11) is 0. The third kappa shape index (κ3) is 6.05. The second-order valence-corrected chi connectivity index (χ2v) is 5.44. The minimum atomic E-state index is 0.645. The standard InChI is InChI=1S/C20H27N3O/c1-3-21-20(22-14-17-10-6-5-7-11-17)23-15-18-12-8-9-13-19(18)16-24-4-2/h5-13H,3-4,14-16H2,1-2H3,(H2,21,22,23). The molecule has 0 aliphatic heterocycles. The molecule has 128 valence electrons. The van der Waals surface area contributed by atoms with E-state index in [-0.39, 0.29) is 0 Å². The number of hydrogen-bond acceptors (Lipinski definition) is 2. The van der Waals surface area contributed by atoms with Crippen molar-refractivity contribution < 1.29 is 4.74 Å². The van der Waals surface area contributed by atoms with E-state index >= 15 is 0 Å². The first kappa shape index (κ1) is 18.0. The number of nitrogens with one attached hydrogen (secondary N) is 2. The smallest absolute Gasteiger partial charge is 0.191 e. The van der Waals surface area contributed by atoms with Crippen LogP contribution in [0.15, 0.2) is 59.6 Å². The zero-order chi connectivity index (χ0) is 17.0. The molecule has 0 saturated carbocycles. The summed E-state index contributed by atoms with van der Waals surface area (Å²) in [6.45, 7) is 7.68. The Morgan fingerprint density at radius 3 is 2.33 bits per heavy atom. The Hall–Kier alpha value is -2.33. The number of ether oxygens (including phenoxy) is 1. The number of guanidine groups is 1. The molecule has 24 heavy (non-hydrogen) atoms. The van der Waals surface area contributed by atoms with Crippen LogP contribution in [-0.2, 0) is 24.4 Å². The molecule has 0 heterocycles. The average Bonchev–Trinajstić information content (AvgIpc) is 2.64. The minimum absolute atomic E-state index is 0.645. The highest BCUT2D eigenvalue weighted by molar-refractivity contribution is 5.79. The first-order valence-electron chi connectivity index (χ1n) is 8.54. The van der Waals surface area contributed by atoms with Crippen molar-refractivity contribution >= 4 is 5.96 Å². The summed E-state index contributed by atoms with van der Waals surface area (Å²) in [5.74, 6) is 0.826. The van der Waals surface area contributed by atoms with E-state index in [1.807, 2.05) is 31.2 Å². The highest BCUT2D eigenvalue weighted by Gasteiger charge is 2.03. The largest absolute Gasteiger partial charge is 0.377 e. The van der Waals surface area contributed by atoms with Gasteiger partial charge in [0.25, 0.3) is 0 Å². The van der Waals surface area contributed by atoms with Gasteiger partial charge in [-0.25, -0.2) is 4.99 Å². The molecular formula is C20H27N3O. The summed E-state index contributed by atoms with van der Waals surface area (Å²) < 4.78 is 5.55. The van der Waals surface area contributed by atoms with Crippen molar-refractivity contribution in [2.75, 3.05) is 13.2 Å². The first-order chi connectivity index (χ1) is 11.8. The van der Waals surface area contributed by atoms with Crippen LogP contribution in [0.3, 0.4) is 0 Å². The van der Waals surface area contributed by atoms with Gasteiger partial charge in [-0.1, -0.05) is 54.6 Å². The molecule has 2 aromatic rings. The fraction of sp³-hybridized carbons (Fsp3) is 0.350. The molecule has 0 aromatic heterocycles. The second kappa shape index (κ2) is 10.4. The molecule has 0 unspecified atom stereocenters. The molecule has 0 bridgehead atoms. The summed E-state index contributed by atoms with van der Waals surface area (Å²) in [6.07, 6.45) is 0. The van der Waals surface area contributed by atoms with Gasteiger partial charge in [-0.15, -0.1) is 0 Å². The lowest BCUT2D eigenvalue weighted by molar-refractivity contribution is 0.133. The minimum Gasteiger partial charge on any atom is -0.377 e. The van der Waals surface area contributed by atoms with E-state index < -0.39 is 0 Å².